The van der Waals surface area contributed by atoms with Gasteiger partial charge in [0.25, 0.3) is 0 Å². The van der Waals surface area contributed by atoms with Crippen molar-refractivity contribution in [3.05, 3.63) is 89.2 Å². The molecule has 0 N–H and O–H groups in total. The molecule has 0 bridgehead atoms. The van der Waals surface area contributed by atoms with E-state index in [4.69, 9.17) is 0 Å². The van der Waals surface area contributed by atoms with Gasteiger partial charge >= 0.3 is 0 Å². The number of aromatic nitrogens is 1. The van der Waals surface area contributed by atoms with E-state index in [0.717, 1.165) is 19.4 Å². The fourth-order valence-corrected chi connectivity index (χ4v) is 3.93. The first kappa shape index (κ1) is 15.3. The lowest BCUT2D eigenvalue weighted by Crippen LogP contribution is -3.00. The summed E-state index contributed by atoms with van der Waals surface area (Å²) in [4.78, 5) is 0. The van der Waals surface area contributed by atoms with Crippen LogP contribution in [0.25, 0.3) is 22.8 Å². The molecule has 2 aromatic carbocycles. The zero-order valence-corrected chi connectivity index (χ0v) is 15.0. The van der Waals surface area contributed by atoms with Crippen molar-refractivity contribution in [1.82, 2.24) is 0 Å². The second kappa shape index (κ2) is 6.03. The minimum atomic E-state index is 0. The number of benzene rings is 2. The number of aryl methyl sites for hydroxylation is 1. The standard InChI is InChI=1S/C22H18N.BrH/c1-2-6-20-17(5-1)15-19-14-16(8-9-21(19)20)13-18-10-12-23-11-4-3-7-22(18)23;/h1-9,11,13-14H,10,12,15H2;1H/q+1;/p-1/b18-13+;. The minimum absolute atomic E-state index is 0. The maximum atomic E-state index is 2.37. The van der Waals surface area contributed by atoms with Crippen LogP contribution in [0.15, 0.2) is 66.9 Å². The van der Waals surface area contributed by atoms with Crippen molar-refractivity contribution < 1.29 is 21.5 Å². The average Bonchev–Trinajstić information content (AvgIpc) is 3.16. The molecule has 1 aliphatic carbocycles. The fraction of sp³-hybridized carbons (Fsp3) is 0.136. The molecule has 2 heterocycles. The van der Waals surface area contributed by atoms with Crippen LogP contribution in [0, 0.1) is 0 Å². The lowest BCUT2D eigenvalue weighted by molar-refractivity contribution is -0.689. The second-order valence-corrected chi connectivity index (χ2v) is 6.45. The van der Waals surface area contributed by atoms with Gasteiger partial charge in [0, 0.05) is 24.1 Å². The lowest BCUT2D eigenvalue weighted by Gasteiger charge is -2.03. The number of hydrogen-bond acceptors (Lipinski definition) is 0. The largest absolute Gasteiger partial charge is 1.00 e. The van der Waals surface area contributed by atoms with Crippen LogP contribution in [0.2, 0.25) is 0 Å². The monoisotopic (exact) mass is 375 g/mol. The molecule has 0 spiro atoms. The van der Waals surface area contributed by atoms with Gasteiger partial charge in [0.15, 0.2) is 12.7 Å². The van der Waals surface area contributed by atoms with Gasteiger partial charge in [0.05, 0.1) is 0 Å². The summed E-state index contributed by atoms with van der Waals surface area (Å²) in [6.07, 6.45) is 6.73. The Bertz CT molecular complexity index is 956. The summed E-state index contributed by atoms with van der Waals surface area (Å²) in [5.74, 6) is 0. The topological polar surface area (TPSA) is 3.88 Å². The van der Waals surface area contributed by atoms with Gasteiger partial charge in [-0.05, 0) is 46.4 Å². The molecule has 1 nitrogen and oxygen atoms in total. The van der Waals surface area contributed by atoms with E-state index in [-0.39, 0.29) is 17.0 Å². The molecule has 3 aromatic rings. The average molecular weight is 376 g/mol. The number of fused-ring (bicyclic) bond motifs is 4. The SMILES string of the molecule is C(=C1/CC[n+]2ccccc21)/c1ccc2c(c1)Cc1ccccc1-2.[Br-]. The summed E-state index contributed by atoms with van der Waals surface area (Å²) in [5, 5.41) is 0. The Hall–Kier alpha value is -2.19. The highest BCUT2D eigenvalue weighted by Crippen LogP contribution is 2.37. The van der Waals surface area contributed by atoms with Crippen LogP contribution in [0.5, 0.6) is 0 Å². The zero-order chi connectivity index (χ0) is 15.2. The molecule has 2 aliphatic rings. The van der Waals surface area contributed by atoms with Gasteiger partial charge in [-0.2, -0.15) is 4.57 Å². The van der Waals surface area contributed by atoms with Crippen LogP contribution in [-0.4, -0.2) is 0 Å². The summed E-state index contributed by atoms with van der Waals surface area (Å²) in [6, 6.07) is 22.2. The van der Waals surface area contributed by atoms with Crippen molar-refractivity contribution in [3.63, 3.8) is 0 Å². The van der Waals surface area contributed by atoms with Crippen LogP contribution in [0.1, 0.15) is 28.8 Å². The fourth-order valence-electron chi connectivity index (χ4n) is 3.93. The maximum absolute atomic E-state index is 2.37. The minimum Gasteiger partial charge on any atom is -1.00 e. The van der Waals surface area contributed by atoms with Gasteiger partial charge < -0.3 is 17.0 Å². The molecule has 118 valence electrons. The van der Waals surface area contributed by atoms with Crippen molar-refractivity contribution >= 4 is 11.6 Å². The normalized spacial score (nSPS) is 15.6. The number of hydrogen-bond donors (Lipinski definition) is 0. The maximum Gasteiger partial charge on any atom is 0.208 e. The summed E-state index contributed by atoms with van der Waals surface area (Å²) in [6.45, 7) is 1.10. The summed E-state index contributed by atoms with van der Waals surface area (Å²) >= 11 is 0. The van der Waals surface area contributed by atoms with Gasteiger partial charge in [-0.3, -0.25) is 0 Å². The Balaban J connectivity index is 0.00000146. The third-order valence-corrected chi connectivity index (χ3v) is 5.05. The second-order valence-electron chi connectivity index (χ2n) is 6.45. The molecule has 0 atom stereocenters. The Morgan fingerprint density at radius 1 is 0.833 bits per heavy atom. The molecule has 2 heteroatoms. The molecule has 0 radical (unpaired) electrons. The Morgan fingerprint density at radius 2 is 1.67 bits per heavy atom. The van der Waals surface area contributed by atoms with Gasteiger partial charge in [0.2, 0.25) is 5.69 Å². The predicted molar refractivity (Wildman–Crippen MR) is 93.8 cm³/mol. The molecular weight excluding hydrogens is 358 g/mol. The molecule has 0 unspecified atom stereocenters. The quantitative estimate of drug-likeness (QED) is 0.444. The molecule has 5 rings (SSSR count). The van der Waals surface area contributed by atoms with Crippen molar-refractivity contribution in [2.24, 2.45) is 0 Å². The van der Waals surface area contributed by atoms with Crippen LogP contribution in [-0.2, 0) is 13.0 Å². The summed E-state index contributed by atoms with van der Waals surface area (Å²) in [7, 11) is 0. The van der Waals surface area contributed by atoms with E-state index in [1.54, 1.807) is 0 Å². The number of rotatable bonds is 1. The van der Waals surface area contributed by atoms with E-state index in [1.807, 2.05) is 0 Å². The van der Waals surface area contributed by atoms with Crippen LogP contribution in [0.3, 0.4) is 0 Å². The highest BCUT2D eigenvalue weighted by molar-refractivity contribution is 5.83. The molecule has 0 saturated heterocycles. The van der Waals surface area contributed by atoms with E-state index in [1.165, 1.54) is 39.1 Å². The highest BCUT2D eigenvalue weighted by atomic mass is 79.9. The highest BCUT2D eigenvalue weighted by Gasteiger charge is 2.23. The summed E-state index contributed by atoms with van der Waals surface area (Å²) in [5.41, 5.74) is 9.85. The van der Waals surface area contributed by atoms with Crippen LogP contribution < -0.4 is 21.5 Å². The van der Waals surface area contributed by atoms with Gasteiger partial charge in [-0.25, -0.2) is 0 Å². The van der Waals surface area contributed by atoms with Crippen molar-refractivity contribution in [2.45, 2.75) is 19.4 Å². The number of nitrogens with zero attached hydrogens (tertiary/aromatic N) is 1. The molecular formula is C22H18BrN. The first-order valence-corrected chi connectivity index (χ1v) is 8.29. The van der Waals surface area contributed by atoms with Crippen LogP contribution >= 0.6 is 0 Å². The molecule has 0 fully saturated rings. The summed E-state index contributed by atoms with van der Waals surface area (Å²) < 4.78 is 2.34. The van der Waals surface area contributed by atoms with E-state index in [0.29, 0.717) is 0 Å². The molecule has 0 saturated carbocycles. The van der Waals surface area contributed by atoms with Gasteiger partial charge in [-0.15, -0.1) is 0 Å². The number of pyridine rings is 1. The van der Waals surface area contributed by atoms with E-state index < -0.39 is 0 Å². The first-order valence-electron chi connectivity index (χ1n) is 8.29. The van der Waals surface area contributed by atoms with Crippen molar-refractivity contribution in [3.8, 4) is 11.1 Å². The molecule has 24 heavy (non-hydrogen) atoms. The van der Waals surface area contributed by atoms with Crippen LogP contribution in [0.4, 0.5) is 0 Å². The third kappa shape index (κ3) is 2.42. The van der Waals surface area contributed by atoms with E-state index >= 15 is 0 Å². The first-order chi connectivity index (χ1) is 11.4. The smallest absolute Gasteiger partial charge is 0.208 e. The molecule has 1 aliphatic heterocycles. The predicted octanol–water partition coefficient (Wildman–Crippen LogP) is 1.49. The number of halogens is 1. The Kier molecular flexibility index (Phi) is 3.85. The Morgan fingerprint density at radius 3 is 2.62 bits per heavy atom. The van der Waals surface area contributed by atoms with Gasteiger partial charge in [-0.1, -0.05) is 42.5 Å². The van der Waals surface area contributed by atoms with Gasteiger partial charge in [0.1, 0.15) is 0 Å². The Labute approximate surface area is 153 Å². The van der Waals surface area contributed by atoms with E-state index in [2.05, 4.69) is 77.5 Å². The third-order valence-electron chi connectivity index (χ3n) is 5.05. The number of allylic oxidation sites excluding steroid dienone is 1. The zero-order valence-electron chi connectivity index (χ0n) is 13.4. The van der Waals surface area contributed by atoms with E-state index in [9.17, 15) is 0 Å². The van der Waals surface area contributed by atoms with Crippen molar-refractivity contribution in [2.75, 3.05) is 0 Å². The lowest BCUT2D eigenvalue weighted by atomic mass is 10.0. The molecule has 0 amide bonds. The van der Waals surface area contributed by atoms with Crippen molar-refractivity contribution in [1.29, 1.82) is 0 Å². The molecule has 1 aromatic heterocycles.